The van der Waals surface area contributed by atoms with Crippen molar-refractivity contribution in [2.24, 2.45) is 4.99 Å². The zero-order chi connectivity index (χ0) is 20.4. The van der Waals surface area contributed by atoms with E-state index in [1.54, 1.807) is 6.07 Å². The fraction of sp³-hybridized carbons (Fsp3) is 0.176. The molecule has 1 aromatic carbocycles. The molecule has 5 nitrogen and oxygen atoms in total. The van der Waals surface area contributed by atoms with E-state index < -0.39 is 29.2 Å². The highest BCUT2D eigenvalue weighted by Gasteiger charge is 2.41. The molecule has 0 radical (unpaired) electrons. The van der Waals surface area contributed by atoms with Crippen LogP contribution in [0.4, 0.5) is 23.2 Å². The molecule has 10 heteroatoms. The Balaban J connectivity index is 2.69. The first kappa shape index (κ1) is 20.9. The maximum atomic E-state index is 14.2. The number of amides is 1. The van der Waals surface area contributed by atoms with Gasteiger partial charge in [-0.05, 0) is 46.9 Å². The highest BCUT2D eigenvalue weighted by Crippen LogP contribution is 2.38. The smallest absolute Gasteiger partial charge is 0.355 e. The third-order valence-corrected chi connectivity index (χ3v) is 4.25. The van der Waals surface area contributed by atoms with Crippen LogP contribution >= 0.6 is 22.6 Å². The maximum Gasteiger partial charge on any atom is 0.418 e. The second kappa shape index (κ2) is 8.11. The molecule has 2 N–H and O–H groups in total. The van der Waals surface area contributed by atoms with Crippen molar-refractivity contribution in [3.63, 3.8) is 0 Å². The van der Waals surface area contributed by atoms with Crippen molar-refractivity contribution in [1.29, 1.82) is 0 Å². The minimum atomic E-state index is -4.74. The summed E-state index contributed by atoms with van der Waals surface area (Å²) in [6.45, 7) is 3.46. The summed E-state index contributed by atoms with van der Waals surface area (Å²) in [5, 5.41) is 4.96. The van der Waals surface area contributed by atoms with E-state index in [9.17, 15) is 22.4 Å². The van der Waals surface area contributed by atoms with Gasteiger partial charge >= 0.3 is 6.18 Å². The quantitative estimate of drug-likeness (QED) is 0.290. The lowest BCUT2D eigenvalue weighted by Crippen LogP contribution is -2.37. The first-order chi connectivity index (χ1) is 12.6. The van der Waals surface area contributed by atoms with Gasteiger partial charge in [-0.2, -0.15) is 13.2 Å². The molecule has 27 heavy (non-hydrogen) atoms. The van der Waals surface area contributed by atoms with Gasteiger partial charge in [0.2, 0.25) is 0 Å². The van der Waals surface area contributed by atoms with Crippen LogP contribution in [0.5, 0.6) is 0 Å². The van der Waals surface area contributed by atoms with Crippen LogP contribution in [0, 0.1) is 9.39 Å². The molecule has 0 saturated carbocycles. The van der Waals surface area contributed by atoms with E-state index in [0.717, 1.165) is 11.2 Å². The number of rotatable bonds is 4. The minimum absolute atomic E-state index is 0.0158. The van der Waals surface area contributed by atoms with Gasteiger partial charge in [0.15, 0.2) is 0 Å². The highest BCUT2D eigenvalue weighted by molar-refractivity contribution is 14.1. The molecule has 0 bridgehead atoms. The Morgan fingerprint density at radius 1 is 1.37 bits per heavy atom. The molecule has 1 aliphatic heterocycles. The summed E-state index contributed by atoms with van der Waals surface area (Å²) in [6, 6.07) is 4.27. The Hall–Kier alpha value is -2.37. The molecule has 1 amide bonds. The van der Waals surface area contributed by atoms with Crippen LogP contribution < -0.4 is 10.6 Å². The molecule has 0 aliphatic carbocycles. The zero-order valence-electron chi connectivity index (χ0n) is 14.3. The number of likely N-dealkylation sites (N-methyl/N-ethyl adjacent to an activating group) is 1. The molecule has 0 spiro atoms. The van der Waals surface area contributed by atoms with Gasteiger partial charge in [-0.25, -0.2) is 4.39 Å². The van der Waals surface area contributed by atoms with E-state index >= 15 is 0 Å². The molecule has 1 aromatic rings. The van der Waals surface area contributed by atoms with Crippen molar-refractivity contribution in [3.05, 3.63) is 62.9 Å². The standard InChI is InChI=1S/C17H15F4IN4O/c1-9-12(17(19,20)21)7-11(16(27)24-3)15(26(9)8-23-2)25-14-5-4-10(22)6-13(14)18/h4-8,25H,1H2,2-3H3,(H,24,27)/b23-8-. The maximum absolute atomic E-state index is 14.2. The molecule has 1 aliphatic rings. The van der Waals surface area contributed by atoms with Gasteiger partial charge in [-0.1, -0.05) is 6.58 Å². The second-order valence-corrected chi connectivity index (χ2v) is 6.58. The van der Waals surface area contributed by atoms with Crippen LogP contribution in [0.1, 0.15) is 0 Å². The van der Waals surface area contributed by atoms with Crippen LogP contribution in [0.2, 0.25) is 0 Å². The number of aliphatic imine (C=N–C) groups is 1. The third-order valence-electron chi connectivity index (χ3n) is 3.58. The zero-order valence-corrected chi connectivity index (χ0v) is 16.4. The summed E-state index contributed by atoms with van der Waals surface area (Å²) in [6.07, 6.45) is -3.00. The van der Waals surface area contributed by atoms with E-state index in [-0.39, 0.29) is 17.1 Å². The number of hydrogen-bond acceptors (Lipinski definition) is 3. The Kier molecular flexibility index (Phi) is 6.29. The van der Waals surface area contributed by atoms with Gasteiger partial charge in [0.25, 0.3) is 5.91 Å². The third kappa shape index (κ3) is 4.49. The lowest BCUT2D eigenvalue weighted by molar-refractivity contribution is -0.116. The summed E-state index contributed by atoms with van der Waals surface area (Å²) in [5.74, 6) is -1.51. The van der Waals surface area contributed by atoms with E-state index in [4.69, 9.17) is 0 Å². The average molecular weight is 494 g/mol. The van der Waals surface area contributed by atoms with Gasteiger partial charge in [0.05, 0.1) is 28.9 Å². The molecule has 1 heterocycles. The summed E-state index contributed by atoms with van der Waals surface area (Å²) in [5.41, 5.74) is -1.91. The van der Waals surface area contributed by atoms with E-state index in [1.807, 2.05) is 22.6 Å². The summed E-state index contributed by atoms with van der Waals surface area (Å²) in [7, 11) is 2.63. The molecular formula is C17H15F4IN4O. The number of carbonyl (C=O) groups excluding carboxylic acids is 1. The minimum Gasteiger partial charge on any atom is -0.355 e. The van der Waals surface area contributed by atoms with E-state index in [2.05, 4.69) is 22.2 Å². The molecule has 0 aromatic heterocycles. The predicted molar refractivity (Wildman–Crippen MR) is 103 cm³/mol. The lowest BCUT2D eigenvalue weighted by Gasteiger charge is -2.33. The molecule has 144 valence electrons. The number of benzene rings is 1. The Labute approximate surface area is 166 Å². The Bertz CT molecular complexity index is 874. The SMILES string of the molecule is C=C1C(C(F)(F)F)=CC(C(=O)NC)=C(Nc2ccc(I)cc2F)N1/C=N\C. The van der Waals surface area contributed by atoms with Crippen LogP contribution in [0.25, 0.3) is 0 Å². The van der Waals surface area contributed by atoms with Gasteiger partial charge in [-0.15, -0.1) is 0 Å². The number of alkyl halides is 3. The average Bonchev–Trinajstić information content (AvgIpc) is 2.58. The fourth-order valence-electron chi connectivity index (χ4n) is 2.33. The topological polar surface area (TPSA) is 56.7 Å². The van der Waals surface area contributed by atoms with Crippen molar-refractivity contribution in [2.45, 2.75) is 6.18 Å². The molecule has 0 atom stereocenters. The molecule has 0 unspecified atom stereocenters. The van der Waals surface area contributed by atoms with Crippen LogP contribution in [-0.2, 0) is 4.79 Å². The van der Waals surface area contributed by atoms with Crippen molar-refractivity contribution < 1.29 is 22.4 Å². The van der Waals surface area contributed by atoms with Crippen LogP contribution in [-0.4, -0.2) is 37.4 Å². The van der Waals surface area contributed by atoms with Crippen molar-refractivity contribution in [3.8, 4) is 0 Å². The lowest BCUT2D eigenvalue weighted by atomic mass is 10.0. The largest absolute Gasteiger partial charge is 0.418 e. The second-order valence-electron chi connectivity index (χ2n) is 5.34. The van der Waals surface area contributed by atoms with Crippen LogP contribution in [0.3, 0.4) is 0 Å². The molecule has 0 saturated heterocycles. The van der Waals surface area contributed by atoms with E-state index in [1.165, 1.54) is 26.2 Å². The van der Waals surface area contributed by atoms with E-state index in [0.29, 0.717) is 9.65 Å². The Morgan fingerprint density at radius 2 is 2.04 bits per heavy atom. The predicted octanol–water partition coefficient (Wildman–Crippen LogP) is 3.78. The number of nitrogens with zero attached hydrogens (tertiary/aromatic N) is 2. The molecular weight excluding hydrogens is 479 g/mol. The van der Waals surface area contributed by atoms with Crippen molar-refractivity contribution >= 4 is 40.5 Å². The number of allylic oxidation sites excluding steroid dienone is 1. The molecule has 0 fully saturated rings. The number of carbonyl (C=O) groups is 1. The van der Waals surface area contributed by atoms with Crippen molar-refractivity contribution in [2.75, 3.05) is 19.4 Å². The summed E-state index contributed by atoms with van der Waals surface area (Å²) < 4.78 is 55.0. The monoisotopic (exact) mass is 494 g/mol. The number of nitrogens with one attached hydrogen (secondary N) is 2. The fourth-order valence-corrected chi connectivity index (χ4v) is 2.79. The van der Waals surface area contributed by atoms with Gasteiger partial charge in [0, 0.05) is 17.7 Å². The van der Waals surface area contributed by atoms with Gasteiger partial charge in [0.1, 0.15) is 11.6 Å². The van der Waals surface area contributed by atoms with Gasteiger partial charge < -0.3 is 10.6 Å². The normalized spacial score (nSPS) is 15.3. The Morgan fingerprint density at radius 3 is 2.56 bits per heavy atom. The first-order valence-corrected chi connectivity index (χ1v) is 8.56. The summed E-state index contributed by atoms with van der Waals surface area (Å²) in [4.78, 5) is 16.9. The van der Waals surface area contributed by atoms with Crippen molar-refractivity contribution in [1.82, 2.24) is 10.2 Å². The number of hydrogen-bond donors (Lipinski definition) is 2. The molecule has 2 rings (SSSR count). The highest BCUT2D eigenvalue weighted by atomic mass is 127. The van der Waals surface area contributed by atoms with Gasteiger partial charge in [-0.3, -0.25) is 14.7 Å². The van der Waals surface area contributed by atoms with Crippen LogP contribution in [0.15, 0.2) is 58.5 Å². The number of halogens is 5. The number of anilines is 1. The summed E-state index contributed by atoms with van der Waals surface area (Å²) >= 11 is 1.92. The first-order valence-electron chi connectivity index (χ1n) is 7.48.